The zero-order chi connectivity index (χ0) is 28.6. The van der Waals surface area contributed by atoms with Crippen LogP contribution in [0.3, 0.4) is 0 Å². The summed E-state index contributed by atoms with van der Waals surface area (Å²) in [6.07, 6.45) is 0. The van der Waals surface area contributed by atoms with Crippen molar-refractivity contribution < 1.29 is 18.7 Å². The molecule has 0 saturated heterocycles. The van der Waals surface area contributed by atoms with Gasteiger partial charge in [0.2, 0.25) is 5.91 Å². The number of rotatable bonds is 10. The first-order valence-electron chi connectivity index (χ1n) is 12.7. The average Bonchev–Trinajstić information content (AvgIpc) is 2.93. The van der Waals surface area contributed by atoms with Crippen molar-refractivity contribution in [2.24, 2.45) is 0 Å². The van der Waals surface area contributed by atoms with Crippen LogP contribution in [0.2, 0.25) is 0 Å². The molecule has 4 rings (SSSR count). The van der Waals surface area contributed by atoms with Gasteiger partial charge in [0.25, 0.3) is 5.91 Å². The van der Waals surface area contributed by atoms with Crippen LogP contribution in [0.1, 0.15) is 34.1 Å². The number of nitrogens with zero attached hydrogens (tertiary/aromatic N) is 3. The van der Waals surface area contributed by atoms with E-state index in [-0.39, 0.29) is 18.2 Å². The SMILES string of the molecule is COc1ccc(NC(=O)[C@H](c2ccc(F)cc2)N(Cc2ccccc2C)C(=O)CSc2nc(C)cc(C)n2)cc1. The van der Waals surface area contributed by atoms with E-state index in [2.05, 4.69) is 15.3 Å². The first-order valence-corrected chi connectivity index (χ1v) is 13.7. The maximum Gasteiger partial charge on any atom is 0.251 e. The molecule has 0 fully saturated rings. The van der Waals surface area contributed by atoms with Crippen LogP contribution in [-0.2, 0) is 16.1 Å². The summed E-state index contributed by atoms with van der Waals surface area (Å²) < 4.78 is 19.1. The number of aryl methyl sites for hydroxylation is 3. The van der Waals surface area contributed by atoms with Crippen LogP contribution in [0.15, 0.2) is 84.0 Å². The molecule has 9 heteroatoms. The van der Waals surface area contributed by atoms with Gasteiger partial charge in [0, 0.05) is 23.6 Å². The van der Waals surface area contributed by atoms with E-state index < -0.39 is 17.8 Å². The first-order chi connectivity index (χ1) is 19.2. The molecular formula is C31H31FN4O3S. The van der Waals surface area contributed by atoms with Gasteiger partial charge >= 0.3 is 0 Å². The Balaban J connectivity index is 1.70. The summed E-state index contributed by atoms with van der Waals surface area (Å²) >= 11 is 1.22. The van der Waals surface area contributed by atoms with Gasteiger partial charge in [-0.2, -0.15) is 0 Å². The van der Waals surface area contributed by atoms with Crippen molar-refractivity contribution in [3.8, 4) is 5.75 Å². The lowest BCUT2D eigenvalue weighted by Gasteiger charge is -2.32. The number of hydrogen-bond donors (Lipinski definition) is 1. The second kappa shape index (κ2) is 13.2. The number of nitrogens with one attached hydrogen (secondary N) is 1. The van der Waals surface area contributed by atoms with Gasteiger partial charge in [-0.3, -0.25) is 9.59 Å². The predicted octanol–water partition coefficient (Wildman–Crippen LogP) is 6.05. The van der Waals surface area contributed by atoms with Crippen LogP contribution in [0.5, 0.6) is 5.75 Å². The summed E-state index contributed by atoms with van der Waals surface area (Å²) in [7, 11) is 1.56. The lowest BCUT2D eigenvalue weighted by Crippen LogP contribution is -2.42. The van der Waals surface area contributed by atoms with Crippen LogP contribution < -0.4 is 10.1 Å². The van der Waals surface area contributed by atoms with Gasteiger partial charge in [0.1, 0.15) is 17.6 Å². The van der Waals surface area contributed by atoms with Gasteiger partial charge in [-0.15, -0.1) is 0 Å². The Morgan fingerprint density at radius 2 is 1.60 bits per heavy atom. The lowest BCUT2D eigenvalue weighted by atomic mass is 10.0. The van der Waals surface area contributed by atoms with Crippen molar-refractivity contribution in [3.05, 3.63) is 113 Å². The smallest absolute Gasteiger partial charge is 0.251 e. The number of halogens is 1. The van der Waals surface area contributed by atoms with E-state index in [4.69, 9.17) is 4.74 Å². The van der Waals surface area contributed by atoms with E-state index in [0.717, 1.165) is 22.5 Å². The van der Waals surface area contributed by atoms with Crippen molar-refractivity contribution in [2.45, 2.75) is 38.5 Å². The number of methoxy groups -OCH3 is 1. The fraction of sp³-hybridized carbons (Fsp3) is 0.226. The number of hydrogen-bond acceptors (Lipinski definition) is 6. The number of aromatic nitrogens is 2. The molecule has 2 amide bonds. The molecule has 40 heavy (non-hydrogen) atoms. The van der Waals surface area contributed by atoms with Crippen molar-refractivity contribution in [1.82, 2.24) is 14.9 Å². The summed E-state index contributed by atoms with van der Waals surface area (Å²) in [5.74, 6) is -0.476. The standard InChI is InChI=1S/C31H31FN4O3S/c1-20-7-5-6-8-24(20)18-36(28(37)19-40-31-33-21(2)17-22(3)34-31)29(23-9-11-25(32)12-10-23)30(38)35-26-13-15-27(39-4)16-14-26/h5-17,29H,18-19H2,1-4H3,(H,35,38)/t29-/m0/s1. The largest absolute Gasteiger partial charge is 0.497 e. The number of benzene rings is 3. The number of thioether (sulfide) groups is 1. The van der Waals surface area contributed by atoms with Crippen LogP contribution >= 0.6 is 11.8 Å². The molecule has 0 aliphatic rings. The van der Waals surface area contributed by atoms with Gasteiger partial charge < -0.3 is 15.0 Å². The maximum atomic E-state index is 13.9. The molecule has 7 nitrogen and oxygen atoms in total. The second-order valence-electron chi connectivity index (χ2n) is 9.34. The molecule has 0 aliphatic heterocycles. The average molecular weight is 559 g/mol. The molecule has 0 radical (unpaired) electrons. The number of carbonyl (C=O) groups is 2. The van der Waals surface area contributed by atoms with E-state index in [0.29, 0.717) is 22.2 Å². The summed E-state index contributed by atoms with van der Waals surface area (Å²) in [4.78, 5) is 38.2. The van der Waals surface area contributed by atoms with Crippen molar-refractivity contribution in [1.29, 1.82) is 0 Å². The number of carbonyl (C=O) groups excluding carboxylic acids is 2. The van der Waals surface area contributed by atoms with Crippen LogP contribution in [0, 0.1) is 26.6 Å². The van der Waals surface area contributed by atoms with Crippen LogP contribution in [-0.4, -0.2) is 39.5 Å². The van der Waals surface area contributed by atoms with E-state index in [1.54, 1.807) is 31.4 Å². The number of anilines is 1. The minimum Gasteiger partial charge on any atom is -0.497 e. The predicted molar refractivity (Wildman–Crippen MR) is 155 cm³/mol. The Morgan fingerprint density at radius 3 is 2.23 bits per heavy atom. The normalized spacial score (nSPS) is 11.5. The molecule has 1 heterocycles. The Kier molecular flexibility index (Phi) is 9.50. The molecule has 0 spiro atoms. The summed E-state index contributed by atoms with van der Waals surface area (Å²) in [6, 6.07) is 21.1. The first kappa shape index (κ1) is 28.8. The Labute approximate surface area is 237 Å². The fourth-order valence-corrected chi connectivity index (χ4v) is 5.10. The molecule has 4 aromatic rings. The minimum absolute atomic E-state index is 0.0162. The van der Waals surface area contributed by atoms with Crippen molar-refractivity contribution >= 4 is 29.3 Å². The van der Waals surface area contributed by atoms with Gasteiger partial charge in [-0.25, -0.2) is 14.4 Å². The maximum absolute atomic E-state index is 13.9. The quantitative estimate of drug-likeness (QED) is 0.188. The topological polar surface area (TPSA) is 84.4 Å². The monoisotopic (exact) mass is 558 g/mol. The summed E-state index contributed by atoms with van der Waals surface area (Å²) in [5.41, 5.74) is 4.53. The summed E-state index contributed by atoms with van der Waals surface area (Å²) in [6.45, 7) is 5.89. The third-order valence-corrected chi connectivity index (χ3v) is 7.14. The second-order valence-corrected chi connectivity index (χ2v) is 10.3. The highest BCUT2D eigenvalue weighted by molar-refractivity contribution is 7.99. The Hall–Kier alpha value is -4.24. The fourth-order valence-electron chi connectivity index (χ4n) is 4.26. The molecule has 0 unspecified atom stereocenters. The zero-order valence-corrected chi connectivity index (χ0v) is 23.7. The van der Waals surface area contributed by atoms with Gasteiger partial charge in [-0.05, 0) is 79.9 Å². The minimum atomic E-state index is -1.03. The molecule has 206 valence electrons. The number of ether oxygens (including phenoxy) is 1. The van der Waals surface area contributed by atoms with Crippen LogP contribution in [0.4, 0.5) is 10.1 Å². The molecular weight excluding hydrogens is 527 g/mol. The Bertz CT molecular complexity index is 1460. The van der Waals surface area contributed by atoms with E-state index in [9.17, 15) is 14.0 Å². The zero-order valence-electron chi connectivity index (χ0n) is 22.8. The van der Waals surface area contributed by atoms with Gasteiger partial charge in [0.05, 0.1) is 12.9 Å². The summed E-state index contributed by atoms with van der Waals surface area (Å²) in [5, 5.41) is 3.41. The highest BCUT2D eigenvalue weighted by Gasteiger charge is 2.32. The van der Waals surface area contributed by atoms with Crippen molar-refractivity contribution in [3.63, 3.8) is 0 Å². The lowest BCUT2D eigenvalue weighted by molar-refractivity contribution is -0.137. The van der Waals surface area contributed by atoms with E-state index in [1.165, 1.54) is 40.9 Å². The molecule has 3 aromatic carbocycles. The van der Waals surface area contributed by atoms with E-state index >= 15 is 0 Å². The molecule has 0 saturated carbocycles. The third kappa shape index (κ3) is 7.45. The molecule has 1 N–H and O–H groups in total. The van der Waals surface area contributed by atoms with Crippen molar-refractivity contribution in [2.75, 3.05) is 18.2 Å². The molecule has 0 bridgehead atoms. The molecule has 1 aromatic heterocycles. The molecule has 1 atom stereocenters. The highest BCUT2D eigenvalue weighted by Crippen LogP contribution is 2.28. The van der Waals surface area contributed by atoms with E-state index in [1.807, 2.05) is 51.1 Å². The Morgan fingerprint density at radius 1 is 0.950 bits per heavy atom. The van der Waals surface area contributed by atoms with Gasteiger partial charge in [-0.1, -0.05) is 48.2 Å². The molecule has 0 aliphatic carbocycles. The number of amides is 2. The highest BCUT2D eigenvalue weighted by atomic mass is 32.2. The third-order valence-electron chi connectivity index (χ3n) is 6.31. The van der Waals surface area contributed by atoms with Gasteiger partial charge in [0.15, 0.2) is 5.16 Å². The van der Waals surface area contributed by atoms with Crippen LogP contribution in [0.25, 0.3) is 0 Å².